The Balaban J connectivity index is 1.98. The molecule has 0 saturated heterocycles. The molecule has 0 unspecified atom stereocenters. The van der Waals surface area contributed by atoms with E-state index in [0.717, 1.165) is 24.3 Å². The highest BCUT2D eigenvalue weighted by molar-refractivity contribution is 7.14. The van der Waals surface area contributed by atoms with E-state index in [9.17, 15) is 4.79 Å². The van der Waals surface area contributed by atoms with Crippen molar-refractivity contribution < 1.29 is 9.53 Å². The predicted octanol–water partition coefficient (Wildman–Crippen LogP) is 0.899. The number of nitrogens with one attached hydrogen (secondary N) is 1. The number of hydrogen-bond donors (Lipinski definition) is 2. The lowest BCUT2D eigenvalue weighted by Gasteiger charge is -2.10. The Kier molecular flexibility index (Phi) is 3.93. The van der Waals surface area contributed by atoms with Crippen molar-refractivity contribution in [1.82, 2.24) is 5.32 Å². The minimum absolute atomic E-state index is 0.00727. The Morgan fingerprint density at radius 2 is 2.50 bits per heavy atom. The lowest BCUT2D eigenvalue weighted by atomic mass is 10.2. The molecule has 1 aliphatic heterocycles. The van der Waals surface area contributed by atoms with E-state index in [1.54, 1.807) is 11.3 Å². The first-order chi connectivity index (χ1) is 7.81. The molecule has 5 heteroatoms. The van der Waals surface area contributed by atoms with Gasteiger partial charge >= 0.3 is 0 Å². The standard InChI is InChI=1S/C11H16N2O2S/c12-3-1-4-13-11(14)10-6-8-7-15-5-2-9(8)16-10/h6H,1-5,7,12H2,(H,13,14). The monoisotopic (exact) mass is 240 g/mol. The van der Waals surface area contributed by atoms with Crippen LogP contribution in [-0.2, 0) is 17.8 Å². The highest BCUT2D eigenvalue weighted by Gasteiger charge is 2.16. The lowest BCUT2D eigenvalue weighted by Crippen LogP contribution is -2.25. The molecule has 0 spiro atoms. The molecular weight excluding hydrogens is 224 g/mol. The van der Waals surface area contributed by atoms with Crippen molar-refractivity contribution in [2.45, 2.75) is 19.4 Å². The van der Waals surface area contributed by atoms with Gasteiger partial charge in [0.1, 0.15) is 0 Å². The van der Waals surface area contributed by atoms with Crippen LogP contribution in [0.4, 0.5) is 0 Å². The van der Waals surface area contributed by atoms with Crippen molar-refractivity contribution in [2.75, 3.05) is 19.7 Å². The van der Waals surface area contributed by atoms with Gasteiger partial charge in [-0.25, -0.2) is 0 Å². The molecule has 0 bridgehead atoms. The molecule has 0 radical (unpaired) electrons. The third kappa shape index (κ3) is 2.61. The average Bonchev–Trinajstić information content (AvgIpc) is 2.73. The van der Waals surface area contributed by atoms with Crippen LogP contribution in [0.15, 0.2) is 6.07 Å². The maximum atomic E-state index is 11.8. The number of carbonyl (C=O) groups excluding carboxylic acids is 1. The third-order valence-electron chi connectivity index (χ3n) is 2.52. The number of ether oxygens (including phenoxy) is 1. The van der Waals surface area contributed by atoms with Gasteiger partial charge in [0.2, 0.25) is 0 Å². The number of nitrogens with two attached hydrogens (primary N) is 1. The van der Waals surface area contributed by atoms with Crippen LogP contribution in [0.25, 0.3) is 0 Å². The molecule has 0 saturated carbocycles. The normalized spacial score (nSPS) is 14.6. The topological polar surface area (TPSA) is 64.3 Å². The molecule has 1 amide bonds. The molecule has 0 atom stereocenters. The van der Waals surface area contributed by atoms with Crippen LogP contribution < -0.4 is 11.1 Å². The summed E-state index contributed by atoms with van der Waals surface area (Å²) in [5.41, 5.74) is 6.53. The smallest absolute Gasteiger partial charge is 0.261 e. The molecule has 1 aromatic heterocycles. The van der Waals surface area contributed by atoms with Crippen LogP contribution in [0.5, 0.6) is 0 Å². The van der Waals surface area contributed by atoms with Crippen LogP contribution in [0.3, 0.4) is 0 Å². The van der Waals surface area contributed by atoms with Gasteiger partial charge in [0.15, 0.2) is 0 Å². The van der Waals surface area contributed by atoms with E-state index < -0.39 is 0 Å². The van der Waals surface area contributed by atoms with Gasteiger partial charge in [0.25, 0.3) is 5.91 Å². The molecule has 2 heterocycles. The van der Waals surface area contributed by atoms with Gasteiger partial charge in [0.05, 0.1) is 18.1 Å². The summed E-state index contributed by atoms with van der Waals surface area (Å²) in [6.45, 7) is 2.66. The minimum atomic E-state index is 0.00727. The van der Waals surface area contributed by atoms with Gasteiger partial charge in [-0.15, -0.1) is 11.3 Å². The van der Waals surface area contributed by atoms with Gasteiger partial charge < -0.3 is 15.8 Å². The molecule has 2 rings (SSSR count). The summed E-state index contributed by atoms with van der Waals surface area (Å²) in [7, 11) is 0. The van der Waals surface area contributed by atoms with E-state index in [1.807, 2.05) is 6.07 Å². The Morgan fingerprint density at radius 3 is 3.25 bits per heavy atom. The number of carbonyl (C=O) groups is 1. The van der Waals surface area contributed by atoms with Gasteiger partial charge in [-0.05, 0) is 24.6 Å². The molecule has 0 fully saturated rings. The van der Waals surface area contributed by atoms with Crippen molar-refractivity contribution in [2.24, 2.45) is 5.73 Å². The molecule has 3 N–H and O–H groups in total. The Morgan fingerprint density at radius 1 is 1.62 bits per heavy atom. The zero-order valence-electron chi connectivity index (χ0n) is 9.12. The van der Waals surface area contributed by atoms with Gasteiger partial charge in [0, 0.05) is 17.8 Å². The fourth-order valence-electron chi connectivity index (χ4n) is 1.65. The van der Waals surface area contributed by atoms with E-state index in [0.29, 0.717) is 19.7 Å². The van der Waals surface area contributed by atoms with Crippen molar-refractivity contribution in [3.05, 3.63) is 21.4 Å². The second-order valence-electron chi connectivity index (χ2n) is 3.76. The van der Waals surface area contributed by atoms with Crippen molar-refractivity contribution in [3.63, 3.8) is 0 Å². The fraction of sp³-hybridized carbons (Fsp3) is 0.545. The van der Waals surface area contributed by atoms with Crippen LogP contribution in [0.1, 0.15) is 26.5 Å². The average molecular weight is 240 g/mol. The quantitative estimate of drug-likeness (QED) is 0.769. The van der Waals surface area contributed by atoms with Crippen LogP contribution in [0.2, 0.25) is 0 Å². The van der Waals surface area contributed by atoms with Gasteiger partial charge in [-0.1, -0.05) is 0 Å². The largest absolute Gasteiger partial charge is 0.376 e. The molecule has 0 aliphatic carbocycles. The van der Waals surface area contributed by atoms with E-state index in [1.165, 1.54) is 10.4 Å². The van der Waals surface area contributed by atoms with Gasteiger partial charge in [-0.3, -0.25) is 4.79 Å². The molecule has 1 aliphatic rings. The predicted molar refractivity (Wildman–Crippen MR) is 63.7 cm³/mol. The van der Waals surface area contributed by atoms with Crippen molar-refractivity contribution in [3.8, 4) is 0 Å². The first-order valence-electron chi connectivity index (χ1n) is 5.49. The molecule has 0 aromatic carbocycles. The number of hydrogen-bond acceptors (Lipinski definition) is 4. The van der Waals surface area contributed by atoms with E-state index in [4.69, 9.17) is 10.5 Å². The summed E-state index contributed by atoms with van der Waals surface area (Å²) < 4.78 is 5.35. The molecular formula is C11H16N2O2S. The SMILES string of the molecule is NCCCNC(=O)c1cc2c(s1)CCOC2. The zero-order chi connectivity index (χ0) is 11.4. The maximum absolute atomic E-state index is 11.8. The van der Waals surface area contributed by atoms with E-state index in [2.05, 4.69) is 5.32 Å². The highest BCUT2D eigenvalue weighted by atomic mass is 32.1. The molecule has 88 valence electrons. The summed E-state index contributed by atoms with van der Waals surface area (Å²) in [5, 5.41) is 2.86. The summed E-state index contributed by atoms with van der Waals surface area (Å²) in [6.07, 6.45) is 1.75. The lowest BCUT2D eigenvalue weighted by molar-refractivity contribution is 0.0957. The van der Waals surface area contributed by atoms with Crippen LogP contribution in [0, 0.1) is 0 Å². The van der Waals surface area contributed by atoms with Crippen molar-refractivity contribution in [1.29, 1.82) is 0 Å². The highest BCUT2D eigenvalue weighted by Crippen LogP contribution is 2.26. The van der Waals surface area contributed by atoms with E-state index in [-0.39, 0.29) is 5.91 Å². The molecule has 4 nitrogen and oxygen atoms in total. The number of thiophene rings is 1. The number of fused-ring (bicyclic) bond motifs is 1. The Bertz CT molecular complexity index is 353. The fourth-order valence-corrected chi connectivity index (χ4v) is 2.72. The first kappa shape index (κ1) is 11.6. The second kappa shape index (κ2) is 5.43. The summed E-state index contributed by atoms with van der Waals surface area (Å²) in [5.74, 6) is 0.00727. The van der Waals surface area contributed by atoms with Crippen LogP contribution >= 0.6 is 11.3 Å². The Labute approximate surface area is 98.8 Å². The number of amides is 1. The summed E-state index contributed by atoms with van der Waals surface area (Å²) >= 11 is 1.58. The van der Waals surface area contributed by atoms with Gasteiger partial charge in [-0.2, -0.15) is 0 Å². The molecule has 16 heavy (non-hydrogen) atoms. The van der Waals surface area contributed by atoms with E-state index >= 15 is 0 Å². The minimum Gasteiger partial charge on any atom is -0.376 e. The maximum Gasteiger partial charge on any atom is 0.261 e. The molecule has 1 aromatic rings. The zero-order valence-corrected chi connectivity index (χ0v) is 9.94. The second-order valence-corrected chi connectivity index (χ2v) is 4.90. The Hall–Kier alpha value is -0.910. The van der Waals surface area contributed by atoms with Crippen LogP contribution in [-0.4, -0.2) is 25.6 Å². The summed E-state index contributed by atoms with van der Waals surface area (Å²) in [4.78, 5) is 13.8. The third-order valence-corrected chi connectivity index (χ3v) is 3.75. The number of rotatable bonds is 4. The first-order valence-corrected chi connectivity index (χ1v) is 6.30. The summed E-state index contributed by atoms with van der Waals surface area (Å²) in [6, 6.07) is 1.94. The van der Waals surface area contributed by atoms with Crippen molar-refractivity contribution >= 4 is 17.2 Å².